The highest BCUT2D eigenvalue weighted by Gasteiger charge is 2.34. The number of thioether (sulfide) groups is 1. The minimum atomic E-state index is -3.81. The normalized spacial score (nSPS) is 16.9. The van der Waals surface area contributed by atoms with E-state index in [0.717, 1.165) is 10.6 Å². The van der Waals surface area contributed by atoms with Crippen LogP contribution in [0.4, 0.5) is 5.69 Å². The molecule has 0 spiro atoms. The molecule has 1 atom stereocenters. The van der Waals surface area contributed by atoms with Crippen molar-refractivity contribution >= 4 is 56.6 Å². The van der Waals surface area contributed by atoms with Crippen LogP contribution in [0.3, 0.4) is 0 Å². The molecule has 30 heavy (non-hydrogen) atoms. The number of hydrogen-bond donors (Lipinski definition) is 1. The van der Waals surface area contributed by atoms with Crippen molar-refractivity contribution in [2.24, 2.45) is 0 Å². The number of nitrogens with zero attached hydrogens (tertiary/aromatic N) is 2. The zero-order chi connectivity index (χ0) is 21.9. The van der Waals surface area contributed by atoms with Gasteiger partial charge < -0.3 is 5.32 Å². The zero-order valence-corrected chi connectivity index (χ0v) is 19.8. The predicted molar refractivity (Wildman–Crippen MR) is 123 cm³/mol. The summed E-state index contributed by atoms with van der Waals surface area (Å²) in [6, 6.07) is 11.9. The van der Waals surface area contributed by atoms with E-state index in [2.05, 4.69) is 5.32 Å². The Morgan fingerprint density at radius 2 is 1.67 bits per heavy atom. The number of halogens is 2. The highest BCUT2D eigenvalue weighted by molar-refractivity contribution is 7.98. The van der Waals surface area contributed by atoms with Crippen LogP contribution in [-0.4, -0.2) is 62.0 Å². The van der Waals surface area contributed by atoms with Gasteiger partial charge in [-0.1, -0.05) is 35.3 Å². The lowest BCUT2D eigenvalue weighted by atomic mass is 10.2. The number of nitrogens with one attached hydrogen (secondary N) is 1. The van der Waals surface area contributed by atoms with E-state index in [4.69, 9.17) is 23.2 Å². The van der Waals surface area contributed by atoms with Crippen LogP contribution in [0, 0.1) is 0 Å². The molecule has 0 aromatic heterocycles. The monoisotopic (exact) mass is 487 g/mol. The van der Waals surface area contributed by atoms with E-state index in [1.807, 2.05) is 42.3 Å². The third kappa shape index (κ3) is 5.12. The first-order valence-corrected chi connectivity index (χ1v) is 12.8. The minimum Gasteiger partial charge on any atom is -0.325 e. The van der Waals surface area contributed by atoms with Gasteiger partial charge >= 0.3 is 0 Å². The fourth-order valence-electron chi connectivity index (χ4n) is 3.30. The summed E-state index contributed by atoms with van der Waals surface area (Å²) in [7, 11) is -3.81. The van der Waals surface area contributed by atoms with E-state index >= 15 is 0 Å². The van der Waals surface area contributed by atoms with Crippen LogP contribution in [0.1, 0.15) is 6.92 Å². The van der Waals surface area contributed by atoms with Gasteiger partial charge in [0.05, 0.1) is 16.1 Å². The molecule has 3 rings (SSSR count). The molecule has 1 unspecified atom stereocenters. The number of rotatable bonds is 6. The van der Waals surface area contributed by atoms with Crippen molar-refractivity contribution in [1.82, 2.24) is 9.21 Å². The van der Waals surface area contributed by atoms with Gasteiger partial charge in [0.1, 0.15) is 4.90 Å². The summed E-state index contributed by atoms with van der Waals surface area (Å²) in [6.07, 6.45) is 1.98. The van der Waals surface area contributed by atoms with Gasteiger partial charge in [-0.25, -0.2) is 8.42 Å². The lowest BCUT2D eigenvalue weighted by molar-refractivity contribution is -0.121. The van der Waals surface area contributed by atoms with Gasteiger partial charge in [0.15, 0.2) is 0 Å². The maximum absolute atomic E-state index is 13.0. The van der Waals surface area contributed by atoms with E-state index in [0.29, 0.717) is 13.1 Å². The van der Waals surface area contributed by atoms with Gasteiger partial charge in [0, 0.05) is 36.8 Å². The number of piperazine rings is 1. The maximum atomic E-state index is 13.0. The lowest BCUT2D eigenvalue weighted by Crippen LogP contribution is -2.54. The number of anilines is 1. The molecular weight excluding hydrogens is 465 g/mol. The predicted octanol–water partition coefficient (Wildman–Crippen LogP) is 4.05. The van der Waals surface area contributed by atoms with Crippen LogP contribution in [0.5, 0.6) is 0 Å². The van der Waals surface area contributed by atoms with E-state index in [1.165, 1.54) is 16.4 Å². The molecule has 0 radical (unpaired) electrons. The number of carbonyl (C=O) groups is 1. The highest BCUT2D eigenvalue weighted by atomic mass is 35.5. The molecule has 1 N–H and O–H groups in total. The Labute approximate surface area is 191 Å². The smallest absolute Gasteiger partial charge is 0.246 e. The fraction of sp³-hybridized carbons (Fsp3) is 0.350. The first kappa shape index (κ1) is 23.4. The third-order valence-electron chi connectivity index (χ3n) is 5.05. The Bertz CT molecular complexity index is 1010. The molecule has 162 valence electrons. The van der Waals surface area contributed by atoms with Crippen LogP contribution in [0.2, 0.25) is 10.0 Å². The minimum absolute atomic E-state index is 0.0683. The highest BCUT2D eigenvalue weighted by Crippen LogP contribution is 2.32. The van der Waals surface area contributed by atoms with Gasteiger partial charge in [0.25, 0.3) is 0 Å². The van der Waals surface area contributed by atoms with Gasteiger partial charge in [-0.05, 0) is 43.5 Å². The first-order valence-electron chi connectivity index (χ1n) is 9.37. The van der Waals surface area contributed by atoms with Gasteiger partial charge in [0.2, 0.25) is 15.9 Å². The molecule has 0 bridgehead atoms. The van der Waals surface area contributed by atoms with Crippen molar-refractivity contribution < 1.29 is 13.2 Å². The third-order valence-corrected chi connectivity index (χ3v) is 8.63. The quantitative estimate of drug-likeness (QED) is 0.622. The van der Waals surface area contributed by atoms with Crippen molar-refractivity contribution in [2.75, 3.05) is 37.8 Å². The van der Waals surface area contributed by atoms with E-state index in [-0.39, 0.29) is 33.9 Å². The van der Waals surface area contributed by atoms with Crippen molar-refractivity contribution in [3.63, 3.8) is 0 Å². The second-order valence-corrected chi connectivity index (χ2v) is 10.5. The number of carbonyl (C=O) groups excluding carboxylic acids is 1. The summed E-state index contributed by atoms with van der Waals surface area (Å²) >= 11 is 13.8. The van der Waals surface area contributed by atoms with Crippen molar-refractivity contribution in [1.29, 1.82) is 0 Å². The maximum Gasteiger partial charge on any atom is 0.246 e. The molecule has 1 aliphatic rings. The Balaban J connectivity index is 1.64. The molecule has 1 saturated heterocycles. The molecule has 2 aromatic carbocycles. The molecule has 1 fully saturated rings. The molecule has 1 heterocycles. The Hall–Kier alpha value is -1.29. The molecule has 1 amide bonds. The van der Waals surface area contributed by atoms with E-state index in [9.17, 15) is 13.2 Å². The SMILES string of the molecule is CSc1cccc(NC(=O)C(C)N2CCN(S(=O)(=O)c3c(Cl)cccc3Cl)CC2)c1. The van der Waals surface area contributed by atoms with Gasteiger partial charge in [-0.2, -0.15) is 4.31 Å². The Morgan fingerprint density at radius 1 is 1.07 bits per heavy atom. The number of benzene rings is 2. The fourth-order valence-corrected chi connectivity index (χ4v) is 6.28. The molecule has 10 heteroatoms. The van der Waals surface area contributed by atoms with Crippen molar-refractivity contribution in [3.8, 4) is 0 Å². The van der Waals surface area contributed by atoms with Crippen molar-refractivity contribution in [2.45, 2.75) is 22.8 Å². The standard InChI is InChI=1S/C20H23Cl2N3O3S2/c1-14(20(26)23-15-5-3-6-16(13-15)29-2)24-9-11-25(12-10-24)30(27,28)19-17(21)7-4-8-18(19)22/h3-8,13-14H,9-12H2,1-2H3,(H,23,26). The molecule has 1 aliphatic heterocycles. The van der Waals surface area contributed by atoms with E-state index < -0.39 is 16.1 Å². The summed E-state index contributed by atoms with van der Waals surface area (Å²) < 4.78 is 27.4. The lowest BCUT2D eigenvalue weighted by Gasteiger charge is -2.36. The van der Waals surface area contributed by atoms with Crippen LogP contribution < -0.4 is 5.32 Å². The largest absolute Gasteiger partial charge is 0.325 e. The Kier molecular flexibility index (Phi) is 7.71. The molecule has 0 saturated carbocycles. The first-order chi connectivity index (χ1) is 14.2. The second kappa shape index (κ2) is 9.89. The number of amides is 1. The van der Waals surface area contributed by atoms with Crippen LogP contribution in [0.15, 0.2) is 52.3 Å². The molecule has 6 nitrogen and oxygen atoms in total. The molecule has 2 aromatic rings. The Morgan fingerprint density at radius 3 is 2.27 bits per heavy atom. The molecule has 0 aliphatic carbocycles. The van der Waals surface area contributed by atoms with Crippen LogP contribution in [0.25, 0.3) is 0 Å². The summed E-state index contributed by atoms with van der Waals surface area (Å²) in [5.41, 5.74) is 0.744. The second-order valence-electron chi connectivity index (χ2n) is 6.89. The van der Waals surface area contributed by atoms with Crippen LogP contribution in [-0.2, 0) is 14.8 Å². The van der Waals surface area contributed by atoms with Gasteiger partial charge in [-0.15, -0.1) is 11.8 Å². The summed E-state index contributed by atoms with van der Waals surface area (Å²) in [4.78, 5) is 15.6. The summed E-state index contributed by atoms with van der Waals surface area (Å²) in [5.74, 6) is -0.126. The summed E-state index contributed by atoms with van der Waals surface area (Å²) in [5, 5.41) is 3.14. The van der Waals surface area contributed by atoms with Crippen LogP contribution >= 0.6 is 35.0 Å². The van der Waals surface area contributed by atoms with E-state index in [1.54, 1.807) is 17.8 Å². The van der Waals surface area contributed by atoms with Gasteiger partial charge in [-0.3, -0.25) is 9.69 Å². The topological polar surface area (TPSA) is 69.7 Å². The average Bonchev–Trinajstić information content (AvgIpc) is 2.73. The number of sulfonamides is 1. The molecular formula is C20H23Cl2N3O3S2. The van der Waals surface area contributed by atoms with Crippen molar-refractivity contribution in [3.05, 3.63) is 52.5 Å². The zero-order valence-electron chi connectivity index (χ0n) is 16.6. The summed E-state index contributed by atoms with van der Waals surface area (Å²) in [6.45, 7) is 3.19. The number of hydrogen-bond acceptors (Lipinski definition) is 5. The average molecular weight is 488 g/mol.